The Balaban J connectivity index is 1.80. The van der Waals surface area contributed by atoms with Crippen molar-refractivity contribution in [2.24, 2.45) is 5.92 Å². The van der Waals surface area contributed by atoms with Crippen LogP contribution in [-0.2, 0) is 0 Å². The number of benzene rings is 1. The van der Waals surface area contributed by atoms with Crippen LogP contribution in [0, 0.1) is 11.7 Å². The summed E-state index contributed by atoms with van der Waals surface area (Å²) in [6.45, 7) is 0.911. The lowest BCUT2D eigenvalue weighted by atomic mass is 10.1. The van der Waals surface area contributed by atoms with Gasteiger partial charge in [0.15, 0.2) is 11.6 Å². The number of hydrogen-bond donors (Lipinski definition) is 2. The second-order valence-corrected chi connectivity index (χ2v) is 7.65. The first-order valence-corrected chi connectivity index (χ1v) is 9.14. The van der Waals surface area contributed by atoms with Crippen LogP contribution >= 0.6 is 0 Å². The van der Waals surface area contributed by atoms with Crippen molar-refractivity contribution in [3.63, 3.8) is 0 Å². The summed E-state index contributed by atoms with van der Waals surface area (Å²) in [5.41, 5.74) is -0.276. The maximum absolute atomic E-state index is 15.1. The summed E-state index contributed by atoms with van der Waals surface area (Å²) in [4.78, 5) is 26.1. The molecule has 3 aliphatic rings. The minimum atomic E-state index is -1.32. The Kier molecular flexibility index (Phi) is 3.49. The largest absolute Gasteiger partial charge is 0.487 e. The van der Waals surface area contributed by atoms with Crippen molar-refractivity contribution in [1.82, 2.24) is 4.57 Å². The van der Waals surface area contributed by atoms with Crippen molar-refractivity contribution in [3.8, 4) is 5.75 Å². The number of carboxylic acids is 1. The first kappa shape index (κ1) is 16.6. The lowest BCUT2D eigenvalue weighted by molar-refractivity contribution is 0.0694. The van der Waals surface area contributed by atoms with Crippen LogP contribution in [-0.4, -0.2) is 46.5 Å². The van der Waals surface area contributed by atoms with Crippen LogP contribution in [0.1, 0.15) is 35.7 Å². The fourth-order valence-corrected chi connectivity index (χ4v) is 4.40. The van der Waals surface area contributed by atoms with Gasteiger partial charge in [-0.15, -0.1) is 0 Å². The van der Waals surface area contributed by atoms with Crippen LogP contribution in [0.4, 0.5) is 10.1 Å². The van der Waals surface area contributed by atoms with Gasteiger partial charge in [-0.3, -0.25) is 4.79 Å². The zero-order valence-corrected chi connectivity index (χ0v) is 14.5. The highest BCUT2D eigenvalue weighted by Gasteiger charge is 2.40. The zero-order chi connectivity index (χ0) is 18.9. The number of rotatable bonds is 3. The van der Waals surface area contributed by atoms with Gasteiger partial charge in [-0.05, 0) is 25.3 Å². The minimum absolute atomic E-state index is 0.0130. The number of fused-ring (bicyclic) bond motifs is 5. The number of carbonyl (C=O) groups is 1. The Bertz CT molecular complexity index is 1030. The van der Waals surface area contributed by atoms with Gasteiger partial charge < -0.3 is 24.4 Å². The molecule has 2 unspecified atom stereocenters. The number of aromatic nitrogens is 1. The summed E-state index contributed by atoms with van der Waals surface area (Å²) in [6.07, 6.45) is 3.84. The van der Waals surface area contributed by atoms with E-state index in [1.165, 1.54) is 6.20 Å². The van der Waals surface area contributed by atoms with Crippen LogP contribution in [0.25, 0.3) is 10.9 Å². The molecule has 27 heavy (non-hydrogen) atoms. The number of halogens is 1. The monoisotopic (exact) mass is 374 g/mol. The van der Waals surface area contributed by atoms with Crippen LogP contribution < -0.4 is 15.1 Å². The van der Waals surface area contributed by atoms with Crippen LogP contribution in [0.2, 0.25) is 0 Å². The Labute approximate surface area is 153 Å². The number of carboxylic acid groups (broad SMARTS) is 1. The fraction of sp³-hybridized carbons (Fsp3) is 0.474. The van der Waals surface area contributed by atoms with E-state index in [1.807, 2.05) is 4.90 Å². The average Bonchev–Trinajstić information content (AvgIpc) is 3.39. The molecule has 0 spiro atoms. The van der Waals surface area contributed by atoms with Crippen molar-refractivity contribution in [2.75, 3.05) is 24.7 Å². The van der Waals surface area contributed by atoms with Gasteiger partial charge in [0.25, 0.3) is 0 Å². The number of nitrogens with zero attached hydrogens (tertiary/aromatic N) is 2. The molecule has 1 aromatic heterocycles. The molecule has 2 aromatic rings. The number of aliphatic hydroxyl groups excluding tert-OH is 1. The summed E-state index contributed by atoms with van der Waals surface area (Å²) in [7, 11) is 0. The summed E-state index contributed by atoms with van der Waals surface area (Å²) >= 11 is 0. The van der Waals surface area contributed by atoms with E-state index in [1.54, 1.807) is 4.57 Å². The molecule has 2 aliphatic heterocycles. The van der Waals surface area contributed by atoms with Crippen molar-refractivity contribution in [3.05, 3.63) is 33.9 Å². The van der Waals surface area contributed by atoms with Gasteiger partial charge in [0, 0.05) is 31.3 Å². The fourth-order valence-electron chi connectivity index (χ4n) is 4.40. The number of ether oxygens (including phenoxy) is 1. The number of pyridine rings is 1. The highest BCUT2D eigenvalue weighted by atomic mass is 19.1. The molecule has 0 radical (unpaired) electrons. The van der Waals surface area contributed by atoms with E-state index in [0.717, 1.165) is 25.3 Å². The Morgan fingerprint density at radius 1 is 1.33 bits per heavy atom. The Hall–Kier alpha value is -2.61. The SMILES string of the molecule is O=C(O)c1cn(C2CC2)c2c3c(c(F)cc2c1=O)N1CC(CO)CC1CO3. The van der Waals surface area contributed by atoms with E-state index in [9.17, 15) is 19.8 Å². The van der Waals surface area contributed by atoms with E-state index in [4.69, 9.17) is 4.74 Å². The minimum Gasteiger partial charge on any atom is -0.487 e. The van der Waals surface area contributed by atoms with Gasteiger partial charge in [-0.1, -0.05) is 0 Å². The molecule has 7 nitrogen and oxygen atoms in total. The number of anilines is 1. The van der Waals surface area contributed by atoms with Crippen molar-refractivity contribution in [1.29, 1.82) is 0 Å². The average molecular weight is 374 g/mol. The number of aliphatic hydroxyl groups is 1. The highest BCUT2D eigenvalue weighted by Crippen LogP contribution is 2.47. The summed E-state index contributed by atoms with van der Waals surface area (Å²) in [5, 5.41) is 18.9. The van der Waals surface area contributed by atoms with Gasteiger partial charge in [0.05, 0.1) is 16.9 Å². The molecule has 142 valence electrons. The van der Waals surface area contributed by atoms with E-state index in [2.05, 4.69) is 0 Å². The van der Waals surface area contributed by atoms with Gasteiger partial charge in [-0.2, -0.15) is 0 Å². The molecule has 3 heterocycles. The van der Waals surface area contributed by atoms with Gasteiger partial charge in [0.2, 0.25) is 5.43 Å². The van der Waals surface area contributed by atoms with Crippen molar-refractivity contribution in [2.45, 2.75) is 31.3 Å². The predicted octanol–water partition coefficient (Wildman–Crippen LogP) is 1.75. The number of aromatic carboxylic acids is 1. The standard InChI is InChI=1S/C19H19FN2O5/c20-14-4-12-15(22(10-1-2-10)6-13(17(12)24)19(25)26)18-16(14)21-5-9(7-23)3-11(21)8-27-18/h4,6,9-11,23H,1-3,5,7-8H2,(H,25,26). The first-order chi connectivity index (χ1) is 13.0. The van der Waals surface area contributed by atoms with Crippen LogP contribution in [0.5, 0.6) is 5.75 Å². The zero-order valence-electron chi connectivity index (χ0n) is 14.5. The second kappa shape index (κ2) is 5.69. The Morgan fingerprint density at radius 3 is 2.78 bits per heavy atom. The molecular formula is C19H19FN2O5. The van der Waals surface area contributed by atoms with Crippen LogP contribution in [0.3, 0.4) is 0 Å². The summed E-state index contributed by atoms with van der Waals surface area (Å²) in [6, 6.07) is 1.21. The molecule has 1 saturated heterocycles. The van der Waals surface area contributed by atoms with E-state index >= 15 is 4.39 Å². The number of hydrogen-bond acceptors (Lipinski definition) is 5. The molecule has 1 saturated carbocycles. The van der Waals surface area contributed by atoms with Crippen LogP contribution in [0.15, 0.2) is 17.1 Å². The third-order valence-electron chi connectivity index (χ3n) is 5.84. The van der Waals surface area contributed by atoms with E-state index in [0.29, 0.717) is 30.1 Å². The molecule has 1 aromatic carbocycles. The van der Waals surface area contributed by atoms with Crippen molar-refractivity contribution >= 4 is 22.6 Å². The van der Waals surface area contributed by atoms with Gasteiger partial charge in [0.1, 0.15) is 17.9 Å². The maximum Gasteiger partial charge on any atom is 0.341 e. The smallest absolute Gasteiger partial charge is 0.341 e. The molecule has 1 aliphatic carbocycles. The summed E-state index contributed by atoms with van der Waals surface area (Å²) < 4.78 is 22.7. The third kappa shape index (κ3) is 2.36. The molecule has 2 fully saturated rings. The third-order valence-corrected chi connectivity index (χ3v) is 5.84. The Morgan fingerprint density at radius 2 is 2.11 bits per heavy atom. The molecule has 5 rings (SSSR count). The normalized spacial score (nSPS) is 23.9. The maximum atomic E-state index is 15.1. The van der Waals surface area contributed by atoms with E-state index in [-0.39, 0.29) is 35.6 Å². The molecule has 2 atom stereocenters. The van der Waals surface area contributed by atoms with Crippen molar-refractivity contribution < 1.29 is 24.1 Å². The molecule has 2 N–H and O–H groups in total. The van der Waals surface area contributed by atoms with Gasteiger partial charge in [-0.25, -0.2) is 9.18 Å². The topological polar surface area (TPSA) is 92.0 Å². The lowest BCUT2D eigenvalue weighted by Crippen LogP contribution is -2.39. The molecule has 0 bridgehead atoms. The molecule has 0 amide bonds. The second-order valence-electron chi connectivity index (χ2n) is 7.65. The first-order valence-electron chi connectivity index (χ1n) is 9.14. The molecule has 8 heteroatoms. The summed E-state index contributed by atoms with van der Waals surface area (Å²) in [5.74, 6) is -1.55. The predicted molar refractivity (Wildman–Crippen MR) is 95.2 cm³/mol. The lowest BCUT2D eigenvalue weighted by Gasteiger charge is -2.34. The highest BCUT2D eigenvalue weighted by molar-refractivity contribution is 5.97. The quantitative estimate of drug-likeness (QED) is 0.851. The van der Waals surface area contributed by atoms with E-state index < -0.39 is 17.2 Å². The molecular weight excluding hydrogens is 355 g/mol. The van der Waals surface area contributed by atoms with Gasteiger partial charge >= 0.3 is 5.97 Å².